The van der Waals surface area contributed by atoms with E-state index in [0.717, 1.165) is 49.4 Å². The Balaban J connectivity index is 1.38. The minimum atomic E-state index is -0.690. The average Bonchev–Trinajstić information content (AvgIpc) is 3.28. The molecule has 3 fully saturated rings. The Bertz CT molecular complexity index is 801. The van der Waals surface area contributed by atoms with E-state index >= 15 is 0 Å². The molecule has 1 aliphatic carbocycles. The van der Waals surface area contributed by atoms with Gasteiger partial charge in [0.15, 0.2) is 0 Å². The maximum atomic E-state index is 12.7. The van der Waals surface area contributed by atoms with Crippen LogP contribution >= 0.6 is 11.6 Å². The first-order chi connectivity index (χ1) is 13.5. The van der Waals surface area contributed by atoms with Gasteiger partial charge in [-0.2, -0.15) is 0 Å². The number of amides is 4. The number of piperazine rings is 1. The predicted molar refractivity (Wildman–Crippen MR) is 106 cm³/mol. The van der Waals surface area contributed by atoms with Crippen LogP contribution in [0, 0.1) is 6.92 Å². The molecule has 150 valence electrons. The fourth-order valence-corrected chi connectivity index (χ4v) is 4.55. The van der Waals surface area contributed by atoms with E-state index in [1.165, 1.54) is 10.5 Å². The van der Waals surface area contributed by atoms with Crippen LogP contribution in [0.5, 0.6) is 0 Å². The number of carbonyl (C=O) groups excluding carboxylic acids is 3. The Labute approximate surface area is 169 Å². The zero-order valence-electron chi connectivity index (χ0n) is 16.1. The number of benzene rings is 1. The van der Waals surface area contributed by atoms with E-state index in [4.69, 9.17) is 11.6 Å². The minimum absolute atomic E-state index is 0.114. The molecule has 0 bridgehead atoms. The second-order valence-corrected chi connectivity index (χ2v) is 8.24. The van der Waals surface area contributed by atoms with Crippen LogP contribution in [-0.4, -0.2) is 71.4 Å². The van der Waals surface area contributed by atoms with Crippen molar-refractivity contribution in [1.29, 1.82) is 0 Å². The van der Waals surface area contributed by atoms with E-state index in [-0.39, 0.29) is 12.7 Å². The number of hydrogen-bond donors (Lipinski definition) is 0. The smallest absolute Gasteiger partial charge is 0.335 e. The first-order valence-corrected chi connectivity index (χ1v) is 10.3. The summed E-state index contributed by atoms with van der Waals surface area (Å²) in [5.41, 5.74) is 2.28. The lowest BCUT2D eigenvalue weighted by atomic mass is 10.1. The van der Waals surface area contributed by atoms with Crippen molar-refractivity contribution in [2.24, 2.45) is 0 Å². The highest BCUT2D eigenvalue weighted by molar-refractivity contribution is 6.44. The molecule has 0 spiro atoms. The van der Waals surface area contributed by atoms with Crippen molar-refractivity contribution in [3.8, 4) is 0 Å². The molecule has 2 aliphatic heterocycles. The summed E-state index contributed by atoms with van der Waals surface area (Å²) < 4.78 is 0. The van der Waals surface area contributed by atoms with Crippen LogP contribution in [0.25, 0.3) is 0 Å². The van der Waals surface area contributed by atoms with Gasteiger partial charge in [0.2, 0.25) is 0 Å². The molecule has 1 aromatic rings. The monoisotopic (exact) mass is 404 g/mol. The molecular weight excluding hydrogens is 380 g/mol. The zero-order chi connectivity index (χ0) is 19.8. The molecule has 4 rings (SSSR count). The van der Waals surface area contributed by atoms with E-state index in [1.54, 1.807) is 0 Å². The van der Waals surface area contributed by atoms with Gasteiger partial charge in [0.25, 0.3) is 0 Å². The molecule has 4 amide bonds. The molecule has 7 nitrogen and oxygen atoms in total. The first kappa shape index (κ1) is 19.2. The number of carbonyl (C=O) groups is 3. The summed E-state index contributed by atoms with van der Waals surface area (Å²) in [6.07, 6.45) is 3.61. The van der Waals surface area contributed by atoms with Crippen molar-refractivity contribution < 1.29 is 14.4 Å². The number of nitrogens with zero attached hydrogens (tertiary/aromatic N) is 4. The summed E-state index contributed by atoms with van der Waals surface area (Å²) >= 11 is 6.14. The second kappa shape index (κ2) is 7.72. The summed E-state index contributed by atoms with van der Waals surface area (Å²) in [6.45, 7) is 5.20. The molecule has 0 unspecified atom stereocenters. The molecule has 0 N–H and O–H groups in total. The minimum Gasteiger partial charge on any atom is -0.369 e. The van der Waals surface area contributed by atoms with Crippen LogP contribution < -0.4 is 4.90 Å². The summed E-state index contributed by atoms with van der Waals surface area (Å²) in [5.74, 6) is -1.35. The van der Waals surface area contributed by atoms with Crippen LogP contribution in [0.3, 0.4) is 0 Å². The SMILES string of the molecule is Cc1ccc(Cl)cc1N1CCN(CN2C(=O)C(=O)N(C3CCCC3)C2=O)CC1. The standard InChI is InChI=1S/C20H25ClN4O3/c1-14-6-7-15(21)12-17(14)23-10-8-22(9-11-23)13-24-18(26)19(27)25(20(24)28)16-4-2-3-5-16/h6-7,12,16H,2-5,8-11,13H2,1H3. The Kier molecular flexibility index (Phi) is 5.29. The van der Waals surface area contributed by atoms with Gasteiger partial charge in [0.05, 0.1) is 6.67 Å². The van der Waals surface area contributed by atoms with Crippen LogP contribution in [0.15, 0.2) is 18.2 Å². The molecular formula is C20H25ClN4O3. The first-order valence-electron chi connectivity index (χ1n) is 9.88. The molecule has 2 heterocycles. The van der Waals surface area contributed by atoms with Crippen molar-refractivity contribution in [2.75, 3.05) is 37.7 Å². The zero-order valence-corrected chi connectivity index (χ0v) is 16.8. The summed E-state index contributed by atoms with van der Waals surface area (Å²) in [7, 11) is 0. The summed E-state index contributed by atoms with van der Waals surface area (Å²) in [5, 5.41) is 0.710. The van der Waals surface area contributed by atoms with E-state index in [9.17, 15) is 14.4 Å². The maximum absolute atomic E-state index is 12.7. The highest BCUT2D eigenvalue weighted by atomic mass is 35.5. The lowest BCUT2D eigenvalue weighted by Gasteiger charge is -2.37. The van der Waals surface area contributed by atoms with E-state index < -0.39 is 17.8 Å². The van der Waals surface area contributed by atoms with Crippen LogP contribution in [0.2, 0.25) is 5.02 Å². The molecule has 0 atom stereocenters. The molecule has 2 saturated heterocycles. The Morgan fingerprint density at radius 2 is 1.68 bits per heavy atom. The van der Waals surface area contributed by atoms with Crippen molar-refractivity contribution in [1.82, 2.24) is 14.7 Å². The third-order valence-electron chi connectivity index (χ3n) is 6.00. The summed E-state index contributed by atoms with van der Waals surface area (Å²) in [4.78, 5) is 44.1. The second-order valence-electron chi connectivity index (χ2n) is 7.81. The Hall–Kier alpha value is -2.12. The molecule has 3 aliphatic rings. The lowest BCUT2D eigenvalue weighted by Crippen LogP contribution is -2.51. The summed E-state index contributed by atoms with van der Waals surface area (Å²) in [6, 6.07) is 5.30. The topological polar surface area (TPSA) is 64.2 Å². The Morgan fingerprint density at radius 3 is 2.36 bits per heavy atom. The maximum Gasteiger partial charge on any atom is 0.335 e. The quantitative estimate of drug-likeness (QED) is 0.569. The average molecular weight is 405 g/mol. The van der Waals surface area contributed by atoms with Crippen LogP contribution in [0.1, 0.15) is 31.2 Å². The largest absolute Gasteiger partial charge is 0.369 e. The van der Waals surface area contributed by atoms with Gasteiger partial charge in [-0.15, -0.1) is 0 Å². The number of hydrogen-bond acceptors (Lipinski definition) is 5. The highest BCUT2D eigenvalue weighted by Crippen LogP contribution is 2.28. The Morgan fingerprint density at radius 1 is 1.00 bits per heavy atom. The highest BCUT2D eigenvalue weighted by Gasteiger charge is 2.48. The van der Waals surface area contributed by atoms with E-state index in [0.29, 0.717) is 18.1 Å². The predicted octanol–water partition coefficient (Wildman–Crippen LogP) is 2.46. The normalized spacial score (nSPS) is 22.1. The van der Waals surface area contributed by atoms with E-state index in [2.05, 4.69) is 16.7 Å². The van der Waals surface area contributed by atoms with Crippen molar-refractivity contribution in [3.63, 3.8) is 0 Å². The fraction of sp³-hybridized carbons (Fsp3) is 0.550. The molecule has 1 aromatic carbocycles. The van der Waals surface area contributed by atoms with Crippen LogP contribution in [0.4, 0.5) is 10.5 Å². The third kappa shape index (κ3) is 3.49. The van der Waals surface area contributed by atoms with Crippen molar-refractivity contribution >= 4 is 35.1 Å². The lowest BCUT2D eigenvalue weighted by molar-refractivity contribution is -0.144. The molecule has 1 saturated carbocycles. The van der Waals surface area contributed by atoms with Gasteiger partial charge in [0, 0.05) is 42.9 Å². The number of aryl methyl sites for hydroxylation is 1. The molecule has 0 radical (unpaired) electrons. The molecule has 8 heteroatoms. The van der Waals surface area contributed by atoms with Gasteiger partial charge >= 0.3 is 17.8 Å². The van der Waals surface area contributed by atoms with Gasteiger partial charge in [0.1, 0.15) is 0 Å². The number of anilines is 1. The van der Waals surface area contributed by atoms with Crippen molar-refractivity contribution in [2.45, 2.75) is 38.6 Å². The van der Waals surface area contributed by atoms with Crippen LogP contribution in [-0.2, 0) is 9.59 Å². The van der Waals surface area contributed by atoms with Gasteiger partial charge < -0.3 is 4.90 Å². The van der Waals surface area contributed by atoms with E-state index in [1.807, 2.05) is 18.2 Å². The van der Waals surface area contributed by atoms with Gasteiger partial charge in [-0.3, -0.25) is 19.4 Å². The number of rotatable bonds is 4. The van der Waals surface area contributed by atoms with Crippen molar-refractivity contribution in [3.05, 3.63) is 28.8 Å². The number of urea groups is 1. The van der Waals surface area contributed by atoms with Gasteiger partial charge in [-0.05, 0) is 37.5 Å². The molecule has 28 heavy (non-hydrogen) atoms. The fourth-order valence-electron chi connectivity index (χ4n) is 4.38. The number of imide groups is 2. The number of halogens is 1. The van der Waals surface area contributed by atoms with Gasteiger partial charge in [-0.1, -0.05) is 30.5 Å². The third-order valence-corrected chi connectivity index (χ3v) is 6.23. The van der Waals surface area contributed by atoms with Gasteiger partial charge in [-0.25, -0.2) is 9.69 Å². The molecule has 0 aromatic heterocycles.